The van der Waals surface area contributed by atoms with Crippen LogP contribution in [0.4, 0.5) is 0 Å². The van der Waals surface area contributed by atoms with Crippen molar-refractivity contribution in [1.29, 1.82) is 0 Å². The lowest BCUT2D eigenvalue weighted by Gasteiger charge is -2.08. The molecule has 1 aromatic rings. The van der Waals surface area contributed by atoms with Crippen LogP contribution in [0, 0.1) is 12.3 Å². The largest absolute Gasteiger partial charge is 0.241 e. The monoisotopic (exact) mass is 243 g/mol. The van der Waals surface area contributed by atoms with E-state index in [9.17, 15) is 8.42 Å². The predicted molar refractivity (Wildman–Crippen MR) is 60.1 cm³/mol. The van der Waals surface area contributed by atoms with Crippen molar-refractivity contribution >= 4 is 21.6 Å². The lowest BCUT2D eigenvalue weighted by Crippen LogP contribution is -2.31. The molecule has 1 atom stereocenters. The van der Waals surface area contributed by atoms with Crippen LogP contribution in [-0.2, 0) is 10.0 Å². The molecule has 3 nitrogen and oxygen atoms in total. The Morgan fingerprint density at radius 3 is 2.40 bits per heavy atom. The topological polar surface area (TPSA) is 46.2 Å². The number of hydrogen-bond acceptors (Lipinski definition) is 2. The molecular formula is C10H10ClNO2S. The Morgan fingerprint density at radius 1 is 1.40 bits per heavy atom. The summed E-state index contributed by atoms with van der Waals surface area (Å²) in [5, 5.41) is 0.485. The smallest absolute Gasteiger partial charge is 0.207 e. The first-order valence-corrected chi connectivity index (χ1v) is 6.06. The third-order valence-electron chi connectivity index (χ3n) is 1.71. The minimum Gasteiger partial charge on any atom is -0.207 e. The third-order valence-corrected chi connectivity index (χ3v) is 3.51. The van der Waals surface area contributed by atoms with Gasteiger partial charge in [-0.25, -0.2) is 8.42 Å². The van der Waals surface area contributed by atoms with Gasteiger partial charge in [-0.2, -0.15) is 4.72 Å². The Balaban J connectivity index is 2.98. The molecule has 0 saturated heterocycles. The van der Waals surface area contributed by atoms with Gasteiger partial charge < -0.3 is 0 Å². The Morgan fingerprint density at radius 2 is 1.93 bits per heavy atom. The number of terminal acetylenes is 1. The van der Waals surface area contributed by atoms with E-state index < -0.39 is 16.1 Å². The molecule has 0 aromatic heterocycles. The molecule has 0 amide bonds. The van der Waals surface area contributed by atoms with Crippen LogP contribution in [-0.4, -0.2) is 14.5 Å². The van der Waals surface area contributed by atoms with Gasteiger partial charge in [0, 0.05) is 5.02 Å². The number of sulfonamides is 1. The van der Waals surface area contributed by atoms with Crippen molar-refractivity contribution in [3.8, 4) is 12.3 Å². The predicted octanol–water partition coefficient (Wildman–Crippen LogP) is 1.64. The maximum Gasteiger partial charge on any atom is 0.241 e. The molecule has 0 spiro atoms. The molecule has 0 aliphatic heterocycles. The second-order valence-corrected chi connectivity index (χ2v) is 5.11. The second-order valence-electron chi connectivity index (χ2n) is 2.96. The average molecular weight is 244 g/mol. The highest BCUT2D eigenvalue weighted by Gasteiger charge is 2.15. The zero-order chi connectivity index (χ0) is 11.5. The fourth-order valence-corrected chi connectivity index (χ4v) is 2.24. The Hall–Kier alpha value is -1.02. The van der Waals surface area contributed by atoms with Gasteiger partial charge in [0.25, 0.3) is 0 Å². The first-order valence-electron chi connectivity index (χ1n) is 4.20. The van der Waals surface area contributed by atoms with Gasteiger partial charge >= 0.3 is 0 Å². The van der Waals surface area contributed by atoms with E-state index in [0.29, 0.717) is 5.02 Å². The van der Waals surface area contributed by atoms with Crippen molar-refractivity contribution < 1.29 is 8.42 Å². The van der Waals surface area contributed by atoms with E-state index in [1.807, 2.05) is 0 Å². The van der Waals surface area contributed by atoms with Gasteiger partial charge in [-0.3, -0.25) is 0 Å². The number of benzene rings is 1. The van der Waals surface area contributed by atoms with Gasteiger partial charge in [0.1, 0.15) is 0 Å². The summed E-state index contributed by atoms with van der Waals surface area (Å²) in [7, 11) is -3.54. The standard InChI is InChI=1S/C10H10ClNO2S/c1-3-8(2)12-15(13,14)10-6-4-9(11)5-7-10/h1,4-8,12H,2H3. The van der Waals surface area contributed by atoms with Gasteiger partial charge in [-0.1, -0.05) is 17.5 Å². The van der Waals surface area contributed by atoms with Crippen LogP contribution in [0.25, 0.3) is 0 Å². The molecule has 1 N–H and O–H groups in total. The zero-order valence-corrected chi connectivity index (χ0v) is 9.64. The Kier molecular flexibility index (Phi) is 3.75. The zero-order valence-electron chi connectivity index (χ0n) is 8.07. The van der Waals surface area contributed by atoms with Crippen LogP contribution in [0.1, 0.15) is 6.92 Å². The Bertz CT molecular complexity index is 473. The molecule has 0 bridgehead atoms. The minimum atomic E-state index is -3.54. The quantitative estimate of drug-likeness (QED) is 0.821. The summed E-state index contributed by atoms with van der Waals surface area (Å²) >= 11 is 5.65. The van der Waals surface area contributed by atoms with Crippen molar-refractivity contribution in [3.05, 3.63) is 29.3 Å². The molecule has 0 saturated carbocycles. The highest BCUT2D eigenvalue weighted by molar-refractivity contribution is 7.89. The molecule has 1 aromatic carbocycles. The van der Waals surface area contributed by atoms with Crippen LogP contribution in [0.2, 0.25) is 5.02 Å². The molecule has 1 rings (SSSR count). The van der Waals surface area contributed by atoms with E-state index in [4.69, 9.17) is 18.0 Å². The van der Waals surface area contributed by atoms with Crippen LogP contribution in [0.15, 0.2) is 29.2 Å². The average Bonchev–Trinajstić information content (AvgIpc) is 2.17. The van der Waals surface area contributed by atoms with E-state index in [-0.39, 0.29) is 4.90 Å². The number of nitrogens with one attached hydrogen (secondary N) is 1. The maximum atomic E-state index is 11.7. The summed E-state index contributed by atoms with van der Waals surface area (Å²) in [6.07, 6.45) is 5.08. The van der Waals surface area contributed by atoms with Crippen LogP contribution in [0.3, 0.4) is 0 Å². The summed E-state index contributed by atoms with van der Waals surface area (Å²) in [5.41, 5.74) is 0. The van der Waals surface area contributed by atoms with Gasteiger partial charge in [0.05, 0.1) is 10.9 Å². The fraction of sp³-hybridized carbons (Fsp3) is 0.200. The third kappa shape index (κ3) is 3.24. The molecule has 80 valence electrons. The van der Waals surface area contributed by atoms with Gasteiger partial charge in [-0.05, 0) is 31.2 Å². The van der Waals surface area contributed by atoms with E-state index in [1.165, 1.54) is 24.3 Å². The fourth-order valence-electron chi connectivity index (χ4n) is 0.949. The van der Waals surface area contributed by atoms with E-state index >= 15 is 0 Å². The van der Waals surface area contributed by atoms with Crippen LogP contribution in [0.5, 0.6) is 0 Å². The molecule has 0 aliphatic rings. The molecule has 0 heterocycles. The van der Waals surface area contributed by atoms with Gasteiger partial charge in [0.15, 0.2) is 0 Å². The second kappa shape index (κ2) is 4.67. The summed E-state index contributed by atoms with van der Waals surface area (Å²) in [4.78, 5) is 0.147. The van der Waals surface area contributed by atoms with Crippen LogP contribution >= 0.6 is 11.6 Å². The number of hydrogen-bond donors (Lipinski definition) is 1. The normalized spacial score (nSPS) is 13.1. The molecule has 0 radical (unpaired) electrons. The van der Waals surface area contributed by atoms with Crippen LogP contribution < -0.4 is 4.72 Å². The first kappa shape index (κ1) is 12.1. The van der Waals surface area contributed by atoms with Crippen molar-refractivity contribution in [2.24, 2.45) is 0 Å². The molecule has 15 heavy (non-hydrogen) atoms. The summed E-state index contributed by atoms with van der Waals surface area (Å²) in [6.45, 7) is 1.59. The molecule has 1 unspecified atom stereocenters. The lowest BCUT2D eigenvalue weighted by atomic mass is 10.4. The van der Waals surface area contributed by atoms with E-state index in [2.05, 4.69) is 10.6 Å². The molecule has 0 aliphatic carbocycles. The molecular weight excluding hydrogens is 234 g/mol. The van der Waals surface area contributed by atoms with E-state index in [0.717, 1.165) is 0 Å². The molecule has 5 heteroatoms. The minimum absolute atomic E-state index is 0.147. The van der Waals surface area contributed by atoms with Crippen molar-refractivity contribution in [3.63, 3.8) is 0 Å². The summed E-state index contributed by atoms with van der Waals surface area (Å²) < 4.78 is 25.7. The number of halogens is 1. The summed E-state index contributed by atoms with van der Waals surface area (Å²) in [5.74, 6) is 2.29. The highest BCUT2D eigenvalue weighted by atomic mass is 35.5. The highest BCUT2D eigenvalue weighted by Crippen LogP contribution is 2.13. The van der Waals surface area contributed by atoms with Gasteiger partial charge in [-0.15, -0.1) is 6.42 Å². The van der Waals surface area contributed by atoms with Crippen molar-refractivity contribution in [1.82, 2.24) is 4.72 Å². The van der Waals surface area contributed by atoms with Crippen molar-refractivity contribution in [2.45, 2.75) is 17.9 Å². The van der Waals surface area contributed by atoms with E-state index in [1.54, 1.807) is 6.92 Å². The lowest BCUT2D eigenvalue weighted by molar-refractivity contribution is 0.577. The van der Waals surface area contributed by atoms with Gasteiger partial charge in [0.2, 0.25) is 10.0 Å². The first-order chi connectivity index (χ1) is 6.95. The summed E-state index contributed by atoms with van der Waals surface area (Å²) in [6, 6.07) is 5.33. The maximum absolute atomic E-state index is 11.7. The SMILES string of the molecule is C#CC(C)NS(=O)(=O)c1ccc(Cl)cc1. The Labute approximate surface area is 94.5 Å². The molecule has 0 fully saturated rings. The van der Waals surface area contributed by atoms with Crippen molar-refractivity contribution in [2.75, 3.05) is 0 Å². The number of rotatable bonds is 3.